The van der Waals surface area contributed by atoms with Crippen LogP contribution in [0.3, 0.4) is 0 Å². The van der Waals surface area contributed by atoms with E-state index in [1.54, 1.807) is 12.1 Å². The maximum atomic E-state index is 13.2. The Morgan fingerprint density at radius 2 is 1.56 bits per heavy atom. The van der Waals surface area contributed by atoms with Crippen molar-refractivity contribution in [3.05, 3.63) is 100 Å². The van der Waals surface area contributed by atoms with Gasteiger partial charge in [-0.3, -0.25) is 0 Å². The molecule has 0 spiro atoms. The number of fused-ring (bicyclic) bond motifs is 2. The molecular formula is C26H20ClF3N2. The Hall–Kier alpha value is -3.31. The van der Waals surface area contributed by atoms with Crippen molar-refractivity contribution in [2.75, 3.05) is 0 Å². The largest absolute Gasteiger partial charge is 1.00 e. The Labute approximate surface area is 189 Å². The van der Waals surface area contributed by atoms with Crippen LogP contribution in [0.2, 0.25) is 0 Å². The molecule has 32 heavy (non-hydrogen) atoms. The Morgan fingerprint density at radius 1 is 0.875 bits per heavy atom. The minimum atomic E-state index is -4.37. The SMILES string of the molecule is Cc1cccc2c1C(=C(c1ccc(C(F)(F)F)cc1)c1c[nH]c3cccc(C)c13)C=[NH+]2.[Cl-]. The molecule has 0 saturated heterocycles. The monoisotopic (exact) mass is 452 g/mol. The van der Waals surface area contributed by atoms with Gasteiger partial charge in [-0.1, -0.05) is 36.4 Å². The first kappa shape index (κ1) is 21.9. The zero-order chi connectivity index (χ0) is 21.8. The van der Waals surface area contributed by atoms with Gasteiger partial charge < -0.3 is 17.4 Å². The molecule has 0 unspecified atom stereocenters. The summed E-state index contributed by atoms with van der Waals surface area (Å²) >= 11 is 0. The summed E-state index contributed by atoms with van der Waals surface area (Å²) in [5.41, 5.74) is 8.20. The van der Waals surface area contributed by atoms with Crippen LogP contribution in [-0.2, 0) is 6.18 Å². The fourth-order valence-electron chi connectivity index (χ4n) is 4.41. The van der Waals surface area contributed by atoms with Gasteiger partial charge in [0.05, 0.1) is 16.7 Å². The number of hydrogen-bond donors (Lipinski definition) is 2. The average molecular weight is 453 g/mol. The molecule has 0 atom stereocenters. The lowest BCUT2D eigenvalue weighted by Gasteiger charge is -2.14. The fraction of sp³-hybridized carbons (Fsp3) is 0.115. The molecule has 1 aliphatic rings. The maximum Gasteiger partial charge on any atom is 0.416 e. The van der Waals surface area contributed by atoms with Crippen LogP contribution in [0.25, 0.3) is 22.0 Å². The second-order valence-corrected chi connectivity index (χ2v) is 7.85. The van der Waals surface area contributed by atoms with E-state index in [1.807, 2.05) is 62.7 Å². The summed E-state index contributed by atoms with van der Waals surface area (Å²) in [6.07, 6.45) is -0.475. The summed E-state index contributed by atoms with van der Waals surface area (Å²) in [6.45, 7) is 4.09. The zero-order valence-electron chi connectivity index (χ0n) is 17.4. The van der Waals surface area contributed by atoms with Crippen LogP contribution in [0.15, 0.2) is 66.9 Å². The van der Waals surface area contributed by atoms with Crippen LogP contribution in [-0.4, -0.2) is 11.2 Å². The number of H-pyrrole nitrogens is 1. The van der Waals surface area contributed by atoms with Crippen molar-refractivity contribution in [2.45, 2.75) is 20.0 Å². The Kier molecular flexibility index (Phi) is 5.47. The van der Waals surface area contributed by atoms with Crippen molar-refractivity contribution in [2.24, 2.45) is 0 Å². The predicted octanol–water partition coefficient (Wildman–Crippen LogP) is 2.56. The van der Waals surface area contributed by atoms with E-state index in [-0.39, 0.29) is 12.4 Å². The fourth-order valence-corrected chi connectivity index (χ4v) is 4.41. The van der Waals surface area contributed by atoms with E-state index in [9.17, 15) is 13.2 Å². The lowest BCUT2D eigenvalue weighted by atomic mass is 9.87. The van der Waals surface area contributed by atoms with Crippen LogP contribution < -0.4 is 17.4 Å². The van der Waals surface area contributed by atoms with Crippen molar-refractivity contribution in [3.63, 3.8) is 0 Å². The van der Waals surface area contributed by atoms with Gasteiger partial charge in [0, 0.05) is 34.3 Å². The molecule has 0 fully saturated rings. The minimum Gasteiger partial charge on any atom is -1.00 e. The molecule has 1 aromatic heterocycles. The van der Waals surface area contributed by atoms with Gasteiger partial charge in [-0.2, -0.15) is 13.2 Å². The Balaban J connectivity index is 0.00000245. The molecule has 1 aliphatic heterocycles. The molecule has 0 radical (unpaired) electrons. The predicted molar refractivity (Wildman–Crippen MR) is 118 cm³/mol. The van der Waals surface area contributed by atoms with Crippen molar-refractivity contribution in [3.8, 4) is 0 Å². The van der Waals surface area contributed by atoms with Crippen LogP contribution >= 0.6 is 0 Å². The lowest BCUT2D eigenvalue weighted by Crippen LogP contribution is -3.00. The minimum absolute atomic E-state index is 0. The van der Waals surface area contributed by atoms with Crippen LogP contribution in [0.1, 0.15) is 33.4 Å². The summed E-state index contributed by atoms with van der Waals surface area (Å²) in [6, 6.07) is 17.5. The van der Waals surface area contributed by atoms with Gasteiger partial charge in [0.1, 0.15) is 0 Å². The summed E-state index contributed by atoms with van der Waals surface area (Å²) in [4.78, 5) is 6.66. The number of benzene rings is 3. The number of rotatable bonds is 2. The van der Waals surface area contributed by atoms with Crippen molar-refractivity contribution < 1.29 is 30.6 Å². The number of aromatic nitrogens is 1. The summed E-state index contributed by atoms with van der Waals surface area (Å²) in [5, 5.41) is 1.07. The first-order valence-corrected chi connectivity index (χ1v) is 10.0. The third kappa shape index (κ3) is 3.53. The molecule has 2 N–H and O–H groups in total. The van der Waals surface area contributed by atoms with E-state index < -0.39 is 11.7 Å². The van der Waals surface area contributed by atoms with Gasteiger partial charge in [-0.25, -0.2) is 4.99 Å². The normalized spacial score (nSPS) is 14.4. The molecule has 162 valence electrons. The standard InChI is InChI=1S/C26H19F3N2.ClH/c1-15-5-3-7-21-23(15)19(13-30-21)25(17-9-11-18(12-10-17)26(27,28)29)20-14-31-22-8-4-6-16(2)24(20)22;/h3-14,30H,1-2H3;1H. The lowest BCUT2D eigenvalue weighted by molar-refractivity contribution is -0.342. The van der Waals surface area contributed by atoms with Crippen LogP contribution in [0.4, 0.5) is 18.9 Å². The van der Waals surface area contributed by atoms with Crippen LogP contribution in [0, 0.1) is 13.8 Å². The summed E-state index contributed by atoms with van der Waals surface area (Å²) in [5.74, 6) is 0. The molecule has 0 saturated carbocycles. The number of halogens is 4. The molecular weight excluding hydrogens is 433 g/mol. The highest BCUT2D eigenvalue weighted by Gasteiger charge is 2.31. The molecule has 0 bridgehead atoms. The number of aromatic amines is 1. The van der Waals surface area contributed by atoms with Crippen molar-refractivity contribution >= 4 is 34.0 Å². The second kappa shape index (κ2) is 7.99. The average Bonchev–Trinajstić information content (AvgIpc) is 3.35. The van der Waals surface area contributed by atoms with Gasteiger partial charge in [-0.15, -0.1) is 0 Å². The molecule has 6 heteroatoms. The number of alkyl halides is 3. The molecule has 2 nitrogen and oxygen atoms in total. The quantitative estimate of drug-likeness (QED) is 0.468. The summed E-state index contributed by atoms with van der Waals surface area (Å²) in [7, 11) is 0. The molecule has 4 aromatic rings. The van der Waals surface area contributed by atoms with E-state index in [1.165, 1.54) is 0 Å². The third-order valence-corrected chi connectivity index (χ3v) is 5.87. The van der Waals surface area contributed by atoms with E-state index >= 15 is 0 Å². The first-order valence-electron chi connectivity index (χ1n) is 10.0. The van der Waals surface area contributed by atoms with E-state index in [4.69, 9.17) is 0 Å². The van der Waals surface area contributed by atoms with Crippen LogP contribution in [0.5, 0.6) is 0 Å². The van der Waals surface area contributed by atoms with E-state index in [0.717, 1.165) is 67.7 Å². The highest BCUT2D eigenvalue weighted by molar-refractivity contribution is 6.25. The molecule has 3 aromatic carbocycles. The topological polar surface area (TPSA) is 29.8 Å². The van der Waals surface area contributed by atoms with E-state index in [0.29, 0.717) is 0 Å². The maximum absolute atomic E-state index is 13.2. The van der Waals surface area contributed by atoms with E-state index in [2.05, 4.69) is 9.98 Å². The number of hydrogen-bond acceptors (Lipinski definition) is 0. The molecule has 5 rings (SSSR count). The molecule has 0 aliphatic carbocycles. The number of aryl methyl sites for hydroxylation is 2. The Bertz CT molecular complexity index is 1380. The first-order chi connectivity index (χ1) is 14.8. The third-order valence-electron chi connectivity index (χ3n) is 5.87. The second-order valence-electron chi connectivity index (χ2n) is 7.85. The summed E-state index contributed by atoms with van der Waals surface area (Å²) < 4.78 is 39.5. The highest BCUT2D eigenvalue weighted by Crippen LogP contribution is 2.40. The molecule has 2 heterocycles. The van der Waals surface area contributed by atoms with Gasteiger partial charge in [0.2, 0.25) is 5.69 Å². The van der Waals surface area contributed by atoms with Gasteiger partial charge in [-0.05, 0) is 48.7 Å². The smallest absolute Gasteiger partial charge is 0.416 e. The van der Waals surface area contributed by atoms with Gasteiger partial charge in [0.25, 0.3) is 0 Å². The number of nitrogens with one attached hydrogen (secondary N) is 2. The Morgan fingerprint density at radius 3 is 2.28 bits per heavy atom. The van der Waals surface area contributed by atoms with Crippen molar-refractivity contribution in [1.82, 2.24) is 4.98 Å². The van der Waals surface area contributed by atoms with Gasteiger partial charge in [0.15, 0.2) is 6.21 Å². The molecule has 0 amide bonds. The van der Waals surface area contributed by atoms with Crippen molar-refractivity contribution in [1.29, 1.82) is 0 Å². The zero-order valence-corrected chi connectivity index (χ0v) is 18.2. The van der Waals surface area contributed by atoms with Gasteiger partial charge >= 0.3 is 6.18 Å². The highest BCUT2D eigenvalue weighted by atomic mass is 35.5. The number of allylic oxidation sites excluding steroid dienone is 1.